The molecule has 0 amide bonds. The molecule has 6 nitrogen and oxygen atoms in total. The average molecular weight is 150 g/mol. The molecule has 6 heteroatoms. The molecule has 2 heterocycles. The quantitative estimate of drug-likeness (QED) is 0.475. The minimum Gasteiger partial charge on any atom is -0.380 e. The van der Waals surface area contributed by atoms with E-state index in [1.165, 1.54) is 17.2 Å². The van der Waals surface area contributed by atoms with Gasteiger partial charge in [0.1, 0.15) is 17.4 Å². The van der Waals surface area contributed by atoms with Gasteiger partial charge < -0.3 is 11.6 Å². The topological polar surface area (TPSA) is 95.6 Å². The van der Waals surface area contributed by atoms with E-state index in [0.717, 1.165) is 0 Å². The molecular formula is C5H6N6. The zero-order chi connectivity index (χ0) is 7.84. The lowest BCUT2D eigenvalue weighted by atomic mass is 10.4. The van der Waals surface area contributed by atoms with Gasteiger partial charge in [0.2, 0.25) is 0 Å². The Hall–Kier alpha value is -1.85. The van der Waals surface area contributed by atoms with Crippen LogP contribution >= 0.6 is 0 Å². The number of nitrogen functional groups attached to an aromatic ring is 2. The van der Waals surface area contributed by atoms with Gasteiger partial charge in [-0.05, 0) is 0 Å². The van der Waals surface area contributed by atoms with Gasteiger partial charge in [0, 0.05) is 0 Å². The second-order valence-electron chi connectivity index (χ2n) is 2.12. The molecule has 0 spiro atoms. The van der Waals surface area contributed by atoms with Crippen LogP contribution in [0.15, 0.2) is 12.5 Å². The van der Waals surface area contributed by atoms with Crippen LogP contribution in [0.2, 0.25) is 0 Å². The highest BCUT2D eigenvalue weighted by Gasteiger charge is 2.03. The molecular weight excluding hydrogens is 144 g/mol. The first-order valence-electron chi connectivity index (χ1n) is 2.98. The third-order valence-corrected chi connectivity index (χ3v) is 1.42. The molecule has 0 saturated carbocycles. The zero-order valence-electron chi connectivity index (χ0n) is 5.60. The smallest absolute Gasteiger partial charge is 0.174 e. The molecule has 0 aliphatic carbocycles. The Morgan fingerprint density at radius 1 is 1.45 bits per heavy atom. The maximum atomic E-state index is 5.48. The molecule has 4 N–H and O–H groups in total. The van der Waals surface area contributed by atoms with Crippen LogP contribution in [0.4, 0.5) is 5.82 Å². The van der Waals surface area contributed by atoms with Crippen molar-refractivity contribution in [3.8, 4) is 0 Å². The summed E-state index contributed by atoms with van der Waals surface area (Å²) in [6, 6.07) is 0. The van der Waals surface area contributed by atoms with Gasteiger partial charge >= 0.3 is 0 Å². The van der Waals surface area contributed by atoms with Gasteiger partial charge in [-0.15, -0.1) is 5.10 Å². The lowest BCUT2D eigenvalue weighted by molar-refractivity contribution is 1.01. The highest BCUT2D eigenvalue weighted by atomic mass is 15.3. The van der Waals surface area contributed by atoms with Crippen molar-refractivity contribution < 1.29 is 0 Å². The van der Waals surface area contributed by atoms with Crippen LogP contribution in [-0.4, -0.2) is 19.9 Å². The standard InChI is InChI=1S/C5H6N6/c6-5-4-3(1-9-10-5)11(7)2-8-4/h1-2H,7H2,(H2,6,10). The van der Waals surface area contributed by atoms with Crippen molar-refractivity contribution in [2.45, 2.75) is 0 Å². The van der Waals surface area contributed by atoms with E-state index in [0.29, 0.717) is 16.9 Å². The maximum absolute atomic E-state index is 5.48. The lowest BCUT2D eigenvalue weighted by Crippen LogP contribution is -2.05. The summed E-state index contributed by atoms with van der Waals surface area (Å²) in [4.78, 5) is 3.93. The molecule has 11 heavy (non-hydrogen) atoms. The van der Waals surface area contributed by atoms with Crippen molar-refractivity contribution in [3.05, 3.63) is 12.5 Å². The highest BCUT2D eigenvalue weighted by Crippen LogP contribution is 2.12. The molecule has 0 fully saturated rings. The van der Waals surface area contributed by atoms with E-state index in [4.69, 9.17) is 11.6 Å². The van der Waals surface area contributed by atoms with Crippen molar-refractivity contribution >= 4 is 16.9 Å². The Morgan fingerprint density at radius 2 is 2.27 bits per heavy atom. The summed E-state index contributed by atoms with van der Waals surface area (Å²) in [6.45, 7) is 0. The Labute approximate surface area is 61.8 Å². The lowest BCUT2D eigenvalue weighted by Gasteiger charge is -1.92. The van der Waals surface area contributed by atoms with Gasteiger partial charge in [0.15, 0.2) is 5.82 Å². The van der Waals surface area contributed by atoms with Gasteiger partial charge in [-0.2, -0.15) is 5.10 Å². The fourth-order valence-electron chi connectivity index (χ4n) is 0.889. The van der Waals surface area contributed by atoms with Crippen LogP contribution in [0, 0.1) is 0 Å². The fraction of sp³-hybridized carbons (Fsp3) is 0. The van der Waals surface area contributed by atoms with Crippen molar-refractivity contribution in [1.29, 1.82) is 0 Å². The Morgan fingerprint density at radius 3 is 3.00 bits per heavy atom. The number of nitrogens with two attached hydrogens (primary N) is 2. The molecule has 0 aliphatic heterocycles. The van der Waals surface area contributed by atoms with Crippen molar-refractivity contribution in [3.63, 3.8) is 0 Å². The number of nitrogens with zero attached hydrogens (tertiary/aromatic N) is 4. The molecule has 56 valence electrons. The van der Waals surface area contributed by atoms with Crippen molar-refractivity contribution in [1.82, 2.24) is 19.9 Å². The number of fused-ring (bicyclic) bond motifs is 1. The van der Waals surface area contributed by atoms with Crippen molar-refractivity contribution in [2.75, 3.05) is 11.6 Å². The summed E-state index contributed by atoms with van der Waals surface area (Å²) in [5.74, 6) is 5.77. The summed E-state index contributed by atoms with van der Waals surface area (Å²) in [7, 11) is 0. The van der Waals surface area contributed by atoms with Crippen LogP contribution in [0.25, 0.3) is 11.0 Å². The van der Waals surface area contributed by atoms with E-state index in [1.54, 1.807) is 0 Å². The normalized spacial score (nSPS) is 10.5. The summed E-state index contributed by atoms with van der Waals surface area (Å²) in [5, 5.41) is 7.25. The number of imidazole rings is 1. The summed E-state index contributed by atoms with van der Waals surface area (Å²) < 4.78 is 1.35. The van der Waals surface area contributed by atoms with Crippen LogP contribution in [0.5, 0.6) is 0 Å². The summed E-state index contributed by atoms with van der Waals surface area (Å²) >= 11 is 0. The van der Waals surface area contributed by atoms with Gasteiger partial charge in [-0.25, -0.2) is 9.66 Å². The molecule has 0 atom stereocenters. The van der Waals surface area contributed by atoms with Crippen molar-refractivity contribution in [2.24, 2.45) is 0 Å². The molecule has 2 aromatic rings. The Kier molecular flexibility index (Phi) is 0.974. The van der Waals surface area contributed by atoms with Gasteiger partial charge in [0.25, 0.3) is 0 Å². The molecule has 0 aromatic carbocycles. The first-order chi connectivity index (χ1) is 5.29. The summed E-state index contributed by atoms with van der Waals surface area (Å²) in [5.41, 5.74) is 6.73. The summed E-state index contributed by atoms with van der Waals surface area (Å²) in [6.07, 6.45) is 2.98. The van der Waals surface area contributed by atoms with Crippen LogP contribution in [0.3, 0.4) is 0 Å². The predicted octanol–water partition coefficient (Wildman–Crippen LogP) is -0.878. The van der Waals surface area contributed by atoms with E-state index in [1.807, 2.05) is 0 Å². The molecule has 2 rings (SSSR count). The van der Waals surface area contributed by atoms with Crippen LogP contribution < -0.4 is 11.6 Å². The first-order valence-corrected chi connectivity index (χ1v) is 2.98. The van der Waals surface area contributed by atoms with E-state index in [9.17, 15) is 0 Å². The average Bonchev–Trinajstić information content (AvgIpc) is 2.35. The zero-order valence-corrected chi connectivity index (χ0v) is 5.60. The maximum Gasteiger partial charge on any atom is 0.174 e. The molecule has 2 aromatic heterocycles. The Bertz CT molecular complexity index is 391. The van der Waals surface area contributed by atoms with E-state index in [-0.39, 0.29) is 0 Å². The molecule has 0 unspecified atom stereocenters. The third-order valence-electron chi connectivity index (χ3n) is 1.42. The molecule has 0 bridgehead atoms. The monoisotopic (exact) mass is 150 g/mol. The SMILES string of the molecule is Nc1nncc2c1ncn2N. The second-order valence-corrected chi connectivity index (χ2v) is 2.12. The second kappa shape index (κ2) is 1.82. The predicted molar refractivity (Wildman–Crippen MR) is 39.9 cm³/mol. The number of hydrogen-bond acceptors (Lipinski definition) is 5. The van der Waals surface area contributed by atoms with Gasteiger partial charge in [-0.3, -0.25) is 0 Å². The largest absolute Gasteiger partial charge is 0.380 e. The number of hydrogen-bond donors (Lipinski definition) is 2. The van der Waals surface area contributed by atoms with E-state index >= 15 is 0 Å². The highest BCUT2D eigenvalue weighted by molar-refractivity contribution is 5.83. The first kappa shape index (κ1) is 5.90. The fourth-order valence-corrected chi connectivity index (χ4v) is 0.889. The van der Waals surface area contributed by atoms with Gasteiger partial charge in [0.05, 0.1) is 6.20 Å². The molecule has 0 radical (unpaired) electrons. The minimum atomic E-state index is 0.298. The third kappa shape index (κ3) is 0.689. The minimum absolute atomic E-state index is 0.298. The molecule has 0 saturated heterocycles. The Balaban J connectivity index is 2.94. The number of aromatic nitrogens is 4. The van der Waals surface area contributed by atoms with E-state index in [2.05, 4.69) is 15.2 Å². The number of rotatable bonds is 0. The van der Waals surface area contributed by atoms with Crippen LogP contribution in [0.1, 0.15) is 0 Å². The van der Waals surface area contributed by atoms with E-state index < -0.39 is 0 Å². The number of anilines is 1. The van der Waals surface area contributed by atoms with Gasteiger partial charge in [-0.1, -0.05) is 0 Å². The molecule has 0 aliphatic rings. The van der Waals surface area contributed by atoms with Crippen LogP contribution in [-0.2, 0) is 0 Å².